The summed E-state index contributed by atoms with van der Waals surface area (Å²) < 4.78 is 34.1. The van der Waals surface area contributed by atoms with Gasteiger partial charge in [0.2, 0.25) is 0 Å². The Hall–Kier alpha value is -1.77. The number of hydrogen-bond acceptors (Lipinski definition) is 8. The topological polar surface area (TPSA) is 111 Å². The van der Waals surface area contributed by atoms with Crippen molar-refractivity contribution in [2.75, 3.05) is 47.5 Å². The number of esters is 2. The van der Waals surface area contributed by atoms with Crippen molar-refractivity contribution in [3.8, 4) is 0 Å². The van der Waals surface area contributed by atoms with Crippen molar-refractivity contribution in [2.45, 2.75) is 309 Å². The minimum atomic E-state index is -4.62. The zero-order chi connectivity index (χ0) is 53.5. The molecule has 0 aliphatic rings. The van der Waals surface area contributed by atoms with Crippen molar-refractivity contribution < 1.29 is 42.1 Å². The fourth-order valence-electron chi connectivity index (χ4n) is 9.08. The van der Waals surface area contributed by atoms with Gasteiger partial charge in [-0.3, -0.25) is 14.2 Å². The van der Waals surface area contributed by atoms with Crippen LogP contribution in [0.4, 0.5) is 0 Å². The maximum Gasteiger partial charge on any atom is 0.306 e. The molecule has 0 aromatic heterocycles. The predicted octanol–water partition coefficient (Wildman–Crippen LogP) is 18.9. The van der Waals surface area contributed by atoms with E-state index in [0.717, 1.165) is 44.9 Å². The van der Waals surface area contributed by atoms with Gasteiger partial charge < -0.3 is 27.9 Å². The van der Waals surface area contributed by atoms with Crippen molar-refractivity contribution in [2.24, 2.45) is 0 Å². The Kier molecular flexibility index (Phi) is 53.7. The number of hydrogen-bond donors (Lipinski definition) is 0. The van der Waals surface area contributed by atoms with E-state index in [-0.39, 0.29) is 32.0 Å². The molecule has 9 nitrogen and oxygen atoms in total. The Morgan fingerprint density at radius 2 is 0.740 bits per heavy atom. The van der Waals surface area contributed by atoms with Crippen molar-refractivity contribution in [1.29, 1.82) is 0 Å². The second-order valence-electron chi connectivity index (χ2n) is 22.4. The van der Waals surface area contributed by atoms with Gasteiger partial charge in [0, 0.05) is 12.8 Å². The Bertz CT molecular complexity index is 1330. The van der Waals surface area contributed by atoms with Crippen LogP contribution in [-0.2, 0) is 32.7 Å². The van der Waals surface area contributed by atoms with E-state index in [0.29, 0.717) is 17.4 Å². The van der Waals surface area contributed by atoms with Crippen LogP contribution in [0.25, 0.3) is 0 Å². The third kappa shape index (κ3) is 59.3. The quantitative estimate of drug-likeness (QED) is 0.0195. The van der Waals surface area contributed by atoms with Crippen molar-refractivity contribution in [3.05, 3.63) is 36.5 Å². The number of phosphoric ester groups is 1. The van der Waals surface area contributed by atoms with Gasteiger partial charge in [-0.05, 0) is 51.4 Å². The van der Waals surface area contributed by atoms with E-state index in [4.69, 9.17) is 18.5 Å². The number of allylic oxidation sites excluding steroid dienone is 6. The van der Waals surface area contributed by atoms with Gasteiger partial charge in [-0.15, -0.1) is 0 Å². The van der Waals surface area contributed by atoms with Gasteiger partial charge in [-0.1, -0.05) is 275 Å². The van der Waals surface area contributed by atoms with E-state index in [1.165, 1.54) is 225 Å². The molecule has 0 fully saturated rings. The molecule has 73 heavy (non-hydrogen) atoms. The van der Waals surface area contributed by atoms with Gasteiger partial charge in [-0.2, -0.15) is 0 Å². The standard InChI is InChI=1S/C63H120NO8P/c1-6-8-10-12-14-16-18-19-20-21-22-23-24-25-26-27-28-29-30-31-32-33-34-35-36-37-38-39-40-41-42-43-44-45-46-48-50-52-54-56-63(66)72-61(60-71-73(67,68)70-58-57-64(3,4)5)59-69-62(65)55-53-51-49-47-17-15-13-11-9-7-2/h18-19,21-22,24-25,61H,6-17,20,23,26-60H2,1-5H3/b19-18-,22-21-,25-24-. The number of likely N-dealkylation sites (N-methyl/N-ethyl adjacent to an activating group) is 1. The molecule has 0 radical (unpaired) electrons. The molecular weight excluding hydrogens is 930 g/mol. The largest absolute Gasteiger partial charge is 0.756 e. The number of carbonyl (C=O) groups excluding carboxylic acids is 2. The van der Waals surface area contributed by atoms with Gasteiger partial charge >= 0.3 is 11.9 Å². The van der Waals surface area contributed by atoms with Crippen LogP contribution < -0.4 is 4.89 Å². The van der Waals surface area contributed by atoms with E-state index in [1.54, 1.807) is 0 Å². The lowest BCUT2D eigenvalue weighted by Crippen LogP contribution is -2.37. The van der Waals surface area contributed by atoms with Gasteiger partial charge in [0.05, 0.1) is 27.7 Å². The third-order valence-corrected chi connectivity index (χ3v) is 14.9. The molecule has 10 heteroatoms. The highest BCUT2D eigenvalue weighted by molar-refractivity contribution is 7.45. The SMILES string of the molecule is CCCCCCC/C=C\C/C=C\C/C=C\CCCCCCCCCCCCCCCCCCCCCCCCCCC(=O)OC(COC(=O)CCCCCCCCCCCC)COP(=O)([O-])OCC[N+](C)(C)C. The Labute approximate surface area is 452 Å². The van der Waals surface area contributed by atoms with Gasteiger partial charge in [0.1, 0.15) is 19.8 Å². The summed E-state index contributed by atoms with van der Waals surface area (Å²) in [7, 11) is 1.18. The lowest BCUT2D eigenvalue weighted by molar-refractivity contribution is -0.870. The minimum absolute atomic E-state index is 0.0275. The summed E-state index contributed by atoms with van der Waals surface area (Å²) in [5, 5.41) is 0. The molecule has 0 N–H and O–H groups in total. The van der Waals surface area contributed by atoms with E-state index in [1.807, 2.05) is 21.1 Å². The second-order valence-corrected chi connectivity index (χ2v) is 23.8. The van der Waals surface area contributed by atoms with Crippen LogP contribution in [0, 0.1) is 0 Å². The summed E-state index contributed by atoms with van der Waals surface area (Å²) in [5.74, 6) is -0.820. The molecule has 0 aromatic carbocycles. The number of ether oxygens (including phenoxy) is 2. The van der Waals surface area contributed by atoms with E-state index in [9.17, 15) is 19.0 Å². The monoisotopic (exact) mass is 1050 g/mol. The van der Waals surface area contributed by atoms with Crippen LogP contribution in [-0.4, -0.2) is 70.0 Å². The van der Waals surface area contributed by atoms with Crippen molar-refractivity contribution >= 4 is 19.8 Å². The first-order valence-corrected chi connectivity index (χ1v) is 32.7. The zero-order valence-corrected chi connectivity index (χ0v) is 49.7. The molecule has 0 aliphatic carbocycles. The van der Waals surface area contributed by atoms with Crippen LogP contribution in [0.2, 0.25) is 0 Å². The first kappa shape index (κ1) is 71.2. The maximum absolute atomic E-state index is 12.8. The second kappa shape index (κ2) is 55.0. The first-order valence-electron chi connectivity index (χ1n) is 31.2. The van der Waals surface area contributed by atoms with Gasteiger partial charge in [-0.25, -0.2) is 0 Å². The highest BCUT2D eigenvalue weighted by atomic mass is 31.2. The molecule has 0 rings (SSSR count). The van der Waals surface area contributed by atoms with E-state index >= 15 is 0 Å². The van der Waals surface area contributed by atoms with Crippen LogP contribution in [0.15, 0.2) is 36.5 Å². The highest BCUT2D eigenvalue weighted by Gasteiger charge is 2.22. The number of rotatable bonds is 58. The summed E-state index contributed by atoms with van der Waals surface area (Å²) in [4.78, 5) is 37.7. The zero-order valence-electron chi connectivity index (χ0n) is 48.9. The molecule has 0 saturated carbocycles. The molecule has 430 valence electrons. The summed E-state index contributed by atoms with van der Waals surface area (Å²) in [6, 6.07) is 0. The molecule has 0 aromatic rings. The average molecular weight is 1050 g/mol. The van der Waals surface area contributed by atoms with E-state index in [2.05, 4.69) is 50.3 Å². The van der Waals surface area contributed by atoms with Crippen molar-refractivity contribution in [3.63, 3.8) is 0 Å². The minimum Gasteiger partial charge on any atom is -0.756 e. The lowest BCUT2D eigenvalue weighted by Gasteiger charge is -2.28. The lowest BCUT2D eigenvalue weighted by atomic mass is 10.0. The van der Waals surface area contributed by atoms with Gasteiger partial charge in [0.25, 0.3) is 7.82 Å². The molecule has 0 amide bonds. The number of nitrogens with zero attached hydrogens (tertiary/aromatic N) is 1. The smallest absolute Gasteiger partial charge is 0.306 e. The average Bonchev–Trinajstić information content (AvgIpc) is 3.35. The number of unbranched alkanes of at least 4 members (excludes halogenated alkanes) is 38. The van der Waals surface area contributed by atoms with E-state index < -0.39 is 26.5 Å². The molecule has 2 atom stereocenters. The molecule has 0 aliphatic heterocycles. The molecule has 0 heterocycles. The first-order chi connectivity index (χ1) is 35.5. The van der Waals surface area contributed by atoms with Crippen molar-refractivity contribution in [1.82, 2.24) is 0 Å². The summed E-state index contributed by atoms with van der Waals surface area (Å²) in [5.41, 5.74) is 0. The Morgan fingerprint density at radius 3 is 1.10 bits per heavy atom. The third-order valence-electron chi connectivity index (χ3n) is 13.9. The summed E-state index contributed by atoms with van der Waals surface area (Å²) >= 11 is 0. The van der Waals surface area contributed by atoms with Crippen LogP contribution in [0.1, 0.15) is 303 Å². The number of phosphoric acid groups is 1. The van der Waals surface area contributed by atoms with Crippen LogP contribution >= 0.6 is 7.82 Å². The highest BCUT2D eigenvalue weighted by Crippen LogP contribution is 2.38. The Morgan fingerprint density at radius 1 is 0.425 bits per heavy atom. The predicted molar refractivity (Wildman–Crippen MR) is 310 cm³/mol. The molecular formula is C63H120NO8P. The molecule has 0 bridgehead atoms. The fourth-order valence-corrected chi connectivity index (χ4v) is 9.81. The normalized spacial score (nSPS) is 13.5. The van der Waals surface area contributed by atoms with Crippen LogP contribution in [0.3, 0.4) is 0 Å². The fraction of sp³-hybridized carbons (Fsp3) is 0.873. The molecule has 2 unspecified atom stereocenters. The van der Waals surface area contributed by atoms with Crippen LogP contribution in [0.5, 0.6) is 0 Å². The number of carbonyl (C=O) groups is 2. The summed E-state index contributed by atoms with van der Waals surface area (Å²) in [6.07, 6.45) is 68.1. The molecule has 0 saturated heterocycles. The molecule has 0 spiro atoms. The summed E-state index contributed by atoms with van der Waals surface area (Å²) in [6.45, 7) is 4.24. The number of quaternary nitrogens is 1. The maximum atomic E-state index is 12.8. The van der Waals surface area contributed by atoms with Gasteiger partial charge in [0.15, 0.2) is 6.10 Å². The Balaban J connectivity index is 3.83.